The third-order valence-corrected chi connectivity index (χ3v) is 1.23. The van der Waals surface area contributed by atoms with E-state index in [-0.39, 0.29) is 0 Å². The molecule has 1 aliphatic rings. The van der Waals surface area contributed by atoms with Crippen molar-refractivity contribution in [1.82, 2.24) is 0 Å². The van der Waals surface area contributed by atoms with Crippen molar-refractivity contribution in [2.24, 2.45) is 5.73 Å². The topological polar surface area (TPSA) is 26.0 Å². The Morgan fingerprint density at radius 1 is 1.62 bits per heavy atom. The second-order valence-electron chi connectivity index (χ2n) is 1.67. The lowest BCUT2D eigenvalue weighted by atomic mass is 10.1. The van der Waals surface area contributed by atoms with Crippen LogP contribution in [0.15, 0.2) is 22.9 Å². The molecule has 0 atom stereocenters. The van der Waals surface area contributed by atoms with Crippen LogP contribution in [-0.2, 0) is 0 Å². The summed E-state index contributed by atoms with van der Waals surface area (Å²) in [6, 6.07) is 0. The van der Waals surface area contributed by atoms with Crippen molar-refractivity contribution in [3.05, 3.63) is 29.3 Å². The molecule has 43 valence electrons. The fourth-order valence-corrected chi connectivity index (χ4v) is 0.800. The van der Waals surface area contributed by atoms with Crippen molar-refractivity contribution in [3.63, 3.8) is 0 Å². The molecule has 2 N–H and O–H groups in total. The quantitative estimate of drug-likeness (QED) is 0.527. The third-order valence-electron chi connectivity index (χ3n) is 0.971. The highest BCUT2D eigenvalue weighted by atomic mass is 35.5. The highest BCUT2D eigenvalue weighted by Gasteiger charge is 1.97. The fourth-order valence-electron chi connectivity index (χ4n) is 0.585. The van der Waals surface area contributed by atoms with Crippen molar-refractivity contribution >= 4 is 11.6 Å². The molecule has 2 heteroatoms. The van der Waals surface area contributed by atoms with Crippen molar-refractivity contribution in [2.45, 2.75) is 6.42 Å². The molecule has 0 aromatic heterocycles. The summed E-state index contributed by atoms with van der Waals surface area (Å²) in [6.45, 7) is 0. The molecule has 0 aliphatic heterocycles. The number of halogens is 1. The Morgan fingerprint density at radius 2 is 2.38 bits per heavy atom. The second kappa shape index (κ2) is 2.23. The van der Waals surface area contributed by atoms with Crippen LogP contribution in [0.1, 0.15) is 6.42 Å². The van der Waals surface area contributed by atoms with Crippen molar-refractivity contribution in [1.29, 1.82) is 0 Å². The van der Waals surface area contributed by atoms with Crippen LogP contribution >= 0.6 is 11.6 Å². The highest BCUT2D eigenvalue weighted by Crippen LogP contribution is 2.14. The maximum absolute atomic E-state index is 5.60. The number of nitrogens with two attached hydrogens (primary N) is 1. The van der Waals surface area contributed by atoms with E-state index in [9.17, 15) is 0 Å². The van der Waals surface area contributed by atoms with Gasteiger partial charge in [0.15, 0.2) is 0 Å². The zero-order valence-electron chi connectivity index (χ0n) is 4.39. The minimum atomic E-state index is 0.741. The van der Waals surface area contributed by atoms with Crippen molar-refractivity contribution in [3.8, 4) is 0 Å². The average molecular weight is 129 g/mol. The first kappa shape index (κ1) is 5.70. The predicted octanol–water partition coefficient (Wildman–Crippen LogP) is 1.56. The zero-order valence-corrected chi connectivity index (χ0v) is 5.15. The molecule has 0 heterocycles. The van der Waals surface area contributed by atoms with Gasteiger partial charge in [0.1, 0.15) is 0 Å². The normalized spacial score (nSPS) is 19.6. The summed E-state index contributed by atoms with van der Waals surface area (Å²) in [5.41, 5.74) is 6.17. The minimum absolute atomic E-state index is 0.741. The van der Waals surface area contributed by atoms with Crippen molar-refractivity contribution < 1.29 is 0 Å². The van der Waals surface area contributed by atoms with E-state index in [0.717, 1.165) is 17.2 Å². The molecular weight excluding hydrogens is 122 g/mol. The summed E-state index contributed by atoms with van der Waals surface area (Å²) in [5.74, 6) is 0. The fraction of sp³-hybridized carbons (Fsp3) is 0.167. The van der Waals surface area contributed by atoms with Gasteiger partial charge < -0.3 is 5.73 Å². The van der Waals surface area contributed by atoms with E-state index in [1.54, 1.807) is 6.08 Å². The van der Waals surface area contributed by atoms with E-state index in [4.69, 9.17) is 17.3 Å². The van der Waals surface area contributed by atoms with E-state index in [1.807, 2.05) is 12.5 Å². The Kier molecular flexibility index (Phi) is 1.59. The molecule has 1 aliphatic carbocycles. The first-order valence-electron chi connectivity index (χ1n) is 2.45. The highest BCUT2D eigenvalue weighted by molar-refractivity contribution is 6.31. The molecule has 0 unspecified atom stereocenters. The standard InChI is InChI=1S/C6H7ClN/c7-5-2-1-3-6(8)4-5/h2-4H,1,8H2. The van der Waals surface area contributed by atoms with Gasteiger partial charge in [-0.25, -0.2) is 0 Å². The molecule has 0 bridgehead atoms. The van der Waals surface area contributed by atoms with E-state index in [2.05, 4.69) is 0 Å². The van der Waals surface area contributed by atoms with Gasteiger partial charge in [-0.1, -0.05) is 17.7 Å². The van der Waals surface area contributed by atoms with E-state index in [0.29, 0.717) is 0 Å². The molecule has 0 saturated carbocycles. The second-order valence-corrected chi connectivity index (χ2v) is 2.11. The molecule has 1 rings (SSSR count). The Bertz CT molecular complexity index is 147. The van der Waals surface area contributed by atoms with Gasteiger partial charge >= 0.3 is 0 Å². The van der Waals surface area contributed by atoms with E-state index in [1.165, 1.54) is 0 Å². The van der Waals surface area contributed by atoms with Gasteiger partial charge in [0.25, 0.3) is 0 Å². The van der Waals surface area contributed by atoms with Gasteiger partial charge in [0.05, 0.1) is 0 Å². The molecule has 0 saturated heterocycles. The lowest BCUT2D eigenvalue weighted by Crippen LogP contribution is -1.99. The molecule has 0 spiro atoms. The van der Waals surface area contributed by atoms with Gasteiger partial charge in [-0.05, 0) is 12.5 Å². The Hall–Kier alpha value is -0.430. The lowest BCUT2D eigenvalue weighted by Gasteiger charge is -2.02. The third kappa shape index (κ3) is 1.27. The van der Waals surface area contributed by atoms with Gasteiger partial charge in [-0.3, -0.25) is 0 Å². The number of hydrogen-bond donors (Lipinski definition) is 1. The number of hydrogen-bond acceptors (Lipinski definition) is 1. The average Bonchev–Trinajstić information content (AvgIpc) is 1.64. The van der Waals surface area contributed by atoms with Crippen LogP contribution in [0.5, 0.6) is 0 Å². The summed E-state index contributed by atoms with van der Waals surface area (Å²) in [4.78, 5) is 0. The zero-order chi connectivity index (χ0) is 5.98. The first-order valence-corrected chi connectivity index (χ1v) is 2.83. The smallest absolute Gasteiger partial charge is 0.0383 e. The molecular formula is C6H7ClN. The van der Waals surface area contributed by atoms with Crippen molar-refractivity contribution in [2.75, 3.05) is 0 Å². The van der Waals surface area contributed by atoms with Crippen LogP contribution < -0.4 is 5.73 Å². The maximum Gasteiger partial charge on any atom is 0.0383 e. The molecule has 0 aromatic carbocycles. The summed E-state index contributed by atoms with van der Waals surface area (Å²) in [7, 11) is 0. The van der Waals surface area contributed by atoms with Crippen LogP contribution in [0, 0.1) is 6.42 Å². The van der Waals surface area contributed by atoms with E-state index < -0.39 is 0 Å². The minimum Gasteiger partial charge on any atom is -0.402 e. The SMILES string of the molecule is NC1=CC(Cl)=CC[CH]1. The van der Waals surface area contributed by atoms with Gasteiger partial charge in [0, 0.05) is 17.2 Å². The Morgan fingerprint density at radius 3 is 2.75 bits per heavy atom. The summed E-state index contributed by atoms with van der Waals surface area (Å²) >= 11 is 5.60. The molecule has 1 radical (unpaired) electrons. The number of rotatable bonds is 0. The van der Waals surface area contributed by atoms with E-state index >= 15 is 0 Å². The summed E-state index contributed by atoms with van der Waals surface area (Å²) < 4.78 is 0. The monoisotopic (exact) mass is 128 g/mol. The number of allylic oxidation sites excluding steroid dienone is 4. The molecule has 0 amide bonds. The van der Waals surface area contributed by atoms with Crippen LogP contribution in [-0.4, -0.2) is 0 Å². The Labute approximate surface area is 53.8 Å². The maximum atomic E-state index is 5.60. The lowest BCUT2D eigenvalue weighted by molar-refractivity contribution is 1.15. The molecule has 0 fully saturated rings. The van der Waals surface area contributed by atoms with Gasteiger partial charge in [-0.2, -0.15) is 0 Å². The first-order chi connectivity index (χ1) is 3.79. The van der Waals surface area contributed by atoms with Gasteiger partial charge in [0.2, 0.25) is 0 Å². The summed E-state index contributed by atoms with van der Waals surface area (Å²) in [5, 5.41) is 0.741. The largest absolute Gasteiger partial charge is 0.402 e. The molecule has 8 heavy (non-hydrogen) atoms. The van der Waals surface area contributed by atoms with Crippen LogP contribution in [0.25, 0.3) is 0 Å². The molecule has 0 aromatic rings. The summed E-state index contributed by atoms with van der Waals surface area (Å²) in [6.07, 6.45) is 6.44. The van der Waals surface area contributed by atoms with Crippen LogP contribution in [0.3, 0.4) is 0 Å². The van der Waals surface area contributed by atoms with Gasteiger partial charge in [-0.15, -0.1) is 0 Å². The molecule has 1 nitrogen and oxygen atoms in total. The van der Waals surface area contributed by atoms with Crippen LogP contribution in [0.2, 0.25) is 0 Å². The Balaban J connectivity index is 2.69. The predicted molar refractivity (Wildman–Crippen MR) is 35.1 cm³/mol. The van der Waals surface area contributed by atoms with Crippen LogP contribution in [0.4, 0.5) is 0 Å².